The summed E-state index contributed by atoms with van der Waals surface area (Å²) >= 11 is 0. The van der Waals surface area contributed by atoms with Crippen molar-refractivity contribution in [1.29, 1.82) is 0 Å². The lowest BCUT2D eigenvalue weighted by molar-refractivity contribution is 0.0593. The summed E-state index contributed by atoms with van der Waals surface area (Å²) in [6.45, 7) is 7.31. The molecule has 4 rings (SSSR count). The summed E-state index contributed by atoms with van der Waals surface area (Å²) in [5.74, 6) is 1.79. The summed E-state index contributed by atoms with van der Waals surface area (Å²) in [5, 5.41) is 0. The smallest absolute Gasteiger partial charge is 0.291 e. The number of H-pyrrole nitrogens is 1. The Kier molecular flexibility index (Phi) is 4.01. The molecule has 0 atom stereocenters. The zero-order chi connectivity index (χ0) is 17.4. The average molecular weight is 339 g/mol. The van der Waals surface area contributed by atoms with Crippen molar-refractivity contribution in [3.05, 3.63) is 47.4 Å². The SMILES string of the molecule is Cc1nc(C)c(C(=O)N2CCN(Cc3nc4ccccc4[nH]3)CC2)o1. The number of nitrogens with one attached hydrogen (secondary N) is 1. The predicted octanol–water partition coefficient (Wildman–Crippen LogP) is 2.13. The standard InChI is InChI=1S/C18H21N5O2/c1-12-17(25-13(2)19-12)18(24)23-9-7-22(8-10-23)11-16-20-14-5-3-4-6-15(14)21-16/h3-6H,7-11H2,1-2H3,(H,20,21). The van der Waals surface area contributed by atoms with E-state index in [1.165, 1.54) is 0 Å². The first kappa shape index (κ1) is 15.8. The Bertz CT molecular complexity index is 872. The molecule has 0 bridgehead atoms. The molecule has 0 radical (unpaired) electrons. The zero-order valence-electron chi connectivity index (χ0n) is 14.5. The number of nitrogens with zero attached hydrogens (tertiary/aromatic N) is 4. The summed E-state index contributed by atoms with van der Waals surface area (Å²) in [6, 6.07) is 8.03. The number of hydrogen-bond donors (Lipinski definition) is 1. The normalized spacial score (nSPS) is 15.8. The molecule has 3 heterocycles. The van der Waals surface area contributed by atoms with Crippen molar-refractivity contribution in [2.24, 2.45) is 0 Å². The molecule has 1 fully saturated rings. The molecular formula is C18H21N5O2. The second-order valence-electron chi connectivity index (χ2n) is 6.42. The maximum atomic E-state index is 12.6. The number of aromatic amines is 1. The van der Waals surface area contributed by atoms with Crippen molar-refractivity contribution >= 4 is 16.9 Å². The van der Waals surface area contributed by atoms with E-state index in [0.717, 1.165) is 36.5 Å². The van der Waals surface area contributed by atoms with Crippen LogP contribution in [-0.4, -0.2) is 56.8 Å². The Labute approximate surface area is 145 Å². The molecule has 1 N–H and O–H groups in total. The van der Waals surface area contributed by atoms with Crippen molar-refractivity contribution in [3.63, 3.8) is 0 Å². The molecule has 1 aromatic carbocycles. The van der Waals surface area contributed by atoms with Gasteiger partial charge in [-0.25, -0.2) is 9.97 Å². The molecule has 1 amide bonds. The Balaban J connectivity index is 1.38. The van der Waals surface area contributed by atoms with Gasteiger partial charge in [-0.15, -0.1) is 0 Å². The number of amides is 1. The van der Waals surface area contributed by atoms with E-state index >= 15 is 0 Å². The third-order valence-corrected chi connectivity index (χ3v) is 4.57. The molecule has 0 spiro atoms. The van der Waals surface area contributed by atoms with Crippen LogP contribution in [-0.2, 0) is 6.54 Å². The number of fused-ring (bicyclic) bond motifs is 1. The highest BCUT2D eigenvalue weighted by molar-refractivity contribution is 5.92. The molecule has 7 nitrogen and oxygen atoms in total. The fraction of sp³-hybridized carbons (Fsp3) is 0.389. The maximum Gasteiger partial charge on any atom is 0.291 e. The molecule has 2 aromatic heterocycles. The van der Waals surface area contributed by atoms with Gasteiger partial charge in [-0.2, -0.15) is 0 Å². The van der Waals surface area contributed by atoms with Crippen LogP contribution in [0.5, 0.6) is 0 Å². The van der Waals surface area contributed by atoms with Crippen molar-refractivity contribution in [1.82, 2.24) is 24.8 Å². The van der Waals surface area contributed by atoms with E-state index in [1.54, 1.807) is 6.92 Å². The lowest BCUT2D eigenvalue weighted by Gasteiger charge is -2.33. The molecule has 7 heteroatoms. The molecule has 3 aromatic rings. The van der Waals surface area contributed by atoms with Crippen LogP contribution in [0.25, 0.3) is 11.0 Å². The highest BCUT2D eigenvalue weighted by atomic mass is 16.4. The number of imidazole rings is 1. The van der Waals surface area contributed by atoms with E-state index in [2.05, 4.69) is 19.9 Å². The van der Waals surface area contributed by atoms with Gasteiger partial charge in [0.05, 0.1) is 23.3 Å². The van der Waals surface area contributed by atoms with Crippen LogP contribution in [0.3, 0.4) is 0 Å². The molecular weight excluding hydrogens is 318 g/mol. The van der Waals surface area contributed by atoms with Crippen LogP contribution in [0.4, 0.5) is 0 Å². The van der Waals surface area contributed by atoms with Gasteiger partial charge >= 0.3 is 0 Å². The third-order valence-electron chi connectivity index (χ3n) is 4.57. The van der Waals surface area contributed by atoms with Gasteiger partial charge in [0.15, 0.2) is 5.89 Å². The van der Waals surface area contributed by atoms with Gasteiger partial charge < -0.3 is 14.3 Å². The highest BCUT2D eigenvalue weighted by Gasteiger charge is 2.26. The van der Waals surface area contributed by atoms with E-state index in [4.69, 9.17) is 4.42 Å². The zero-order valence-corrected chi connectivity index (χ0v) is 14.5. The molecule has 1 saturated heterocycles. The second kappa shape index (κ2) is 6.33. The monoisotopic (exact) mass is 339 g/mol. The first-order valence-electron chi connectivity index (χ1n) is 8.49. The Morgan fingerprint density at radius 3 is 2.60 bits per heavy atom. The average Bonchev–Trinajstić information content (AvgIpc) is 3.16. The van der Waals surface area contributed by atoms with Crippen molar-refractivity contribution < 1.29 is 9.21 Å². The molecule has 25 heavy (non-hydrogen) atoms. The fourth-order valence-corrected chi connectivity index (χ4v) is 3.27. The quantitative estimate of drug-likeness (QED) is 0.791. The lowest BCUT2D eigenvalue weighted by atomic mass is 10.2. The number of hydrogen-bond acceptors (Lipinski definition) is 5. The number of para-hydroxylation sites is 2. The minimum Gasteiger partial charge on any atom is -0.436 e. The van der Waals surface area contributed by atoms with Crippen LogP contribution < -0.4 is 0 Å². The first-order chi connectivity index (χ1) is 12.1. The van der Waals surface area contributed by atoms with E-state index in [0.29, 0.717) is 30.4 Å². The minimum absolute atomic E-state index is 0.0681. The van der Waals surface area contributed by atoms with Gasteiger partial charge in [0.2, 0.25) is 5.76 Å². The Morgan fingerprint density at radius 2 is 1.92 bits per heavy atom. The lowest BCUT2D eigenvalue weighted by Crippen LogP contribution is -2.48. The van der Waals surface area contributed by atoms with Crippen molar-refractivity contribution in [2.75, 3.05) is 26.2 Å². The molecule has 1 aliphatic heterocycles. The second-order valence-corrected chi connectivity index (χ2v) is 6.42. The molecule has 0 saturated carbocycles. The van der Waals surface area contributed by atoms with E-state index in [9.17, 15) is 4.79 Å². The van der Waals surface area contributed by atoms with Crippen molar-refractivity contribution in [3.8, 4) is 0 Å². The van der Waals surface area contributed by atoms with E-state index in [1.807, 2.05) is 36.1 Å². The van der Waals surface area contributed by atoms with Crippen LogP contribution in [0.2, 0.25) is 0 Å². The highest BCUT2D eigenvalue weighted by Crippen LogP contribution is 2.16. The van der Waals surface area contributed by atoms with E-state index in [-0.39, 0.29) is 5.91 Å². The van der Waals surface area contributed by atoms with Crippen LogP contribution in [0.15, 0.2) is 28.7 Å². The summed E-state index contributed by atoms with van der Waals surface area (Å²) in [7, 11) is 0. The number of rotatable bonds is 3. The summed E-state index contributed by atoms with van der Waals surface area (Å²) in [4.78, 5) is 28.9. The topological polar surface area (TPSA) is 78.3 Å². The van der Waals surface area contributed by atoms with Gasteiger partial charge in [0.25, 0.3) is 5.91 Å². The fourth-order valence-electron chi connectivity index (χ4n) is 3.27. The van der Waals surface area contributed by atoms with Gasteiger partial charge in [-0.05, 0) is 19.1 Å². The third kappa shape index (κ3) is 3.15. The number of aryl methyl sites for hydroxylation is 2. The van der Waals surface area contributed by atoms with E-state index < -0.39 is 0 Å². The Hall–Kier alpha value is -2.67. The Morgan fingerprint density at radius 1 is 1.16 bits per heavy atom. The molecule has 0 aliphatic carbocycles. The summed E-state index contributed by atoms with van der Waals surface area (Å²) < 4.78 is 5.45. The maximum absolute atomic E-state index is 12.6. The largest absolute Gasteiger partial charge is 0.436 e. The summed E-state index contributed by atoms with van der Waals surface area (Å²) in [6.07, 6.45) is 0. The van der Waals surface area contributed by atoms with Crippen molar-refractivity contribution in [2.45, 2.75) is 20.4 Å². The number of piperazine rings is 1. The molecule has 1 aliphatic rings. The predicted molar refractivity (Wildman–Crippen MR) is 93.3 cm³/mol. The van der Waals surface area contributed by atoms with Gasteiger partial charge in [0, 0.05) is 33.1 Å². The van der Waals surface area contributed by atoms with Gasteiger partial charge in [-0.3, -0.25) is 9.69 Å². The number of benzene rings is 1. The number of aromatic nitrogens is 3. The van der Waals surface area contributed by atoms with Gasteiger partial charge in [-0.1, -0.05) is 12.1 Å². The summed E-state index contributed by atoms with van der Waals surface area (Å²) in [5.41, 5.74) is 2.71. The minimum atomic E-state index is -0.0681. The number of oxazole rings is 1. The molecule has 130 valence electrons. The molecule has 0 unspecified atom stereocenters. The van der Waals surface area contributed by atoms with Crippen LogP contribution in [0.1, 0.15) is 28.0 Å². The number of carbonyl (C=O) groups is 1. The van der Waals surface area contributed by atoms with Crippen LogP contribution >= 0.6 is 0 Å². The number of carbonyl (C=O) groups excluding carboxylic acids is 1. The van der Waals surface area contributed by atoms with Crippen LogP contribution in [0, 0.1) is 13.8 Å². The first-order valence-corrected chi connectivity index (χ1v) is 8.49. The van der Waals surface area contributed by atoms with Gasteiger partial charge in [0.1, 0.15) is 5.82 Å².